The van der Waals surface area contributed by atoms with E-state index >= 15 is 0 Å². The zero-order chi connectivity index (χ0) is 11.5. The Morgan fingerprint density at radius 1 is 1.47 bits per heavy atom. The first-order chi connectivity index (χ1) is 6.97. The molecular weight excluding hydrogens is 217 g/mol. The minimum absolute atomic E-state index is 0.181. The highest BCUT2D eigenvalue weighted by Crippen LogP contribution is 2.21. The van der Waals surface area contributed by atoms with Gasteiger partial charge in [0.15, 0.2) is 0 Å². The van der Waals surface area contributed by atoms with Gasteiger partial charge in [-0.3, -0.25) is 4.79 Å². The van der Waals surface area contributed by atoms with Crippen molar-refractivity contribution < 1.29 is 9.18 Å². The molecule has 0 saturated carbocycles. The first-order valence-electron chi connectivity index (χ1n) is 4.59. The lowest BCUT2D eigenvalue weighted by Crippen LogP contribution is -2.32. The molecule has 0 spiro atoms. The Kier molecular flexibility index (Phi) is 3.69. The van der Waals surface area contributed by atoms with Crippen LogP contribution in [-0.4, -0.2) is 11.8 Å². The highest BCUT2D eigenvalue weighted by molar-refractivity contribution is 6.20. The summed E-state index contributed by atoms with van der Waals surface area (Å²) in [5, 5.41) is 2.50. The topological polar surface area (TPSA) is 29.1 Å². The van der Waals surface area contributed by atoms with Crippen LogP contribution < -0.4 is 5.32 Å². The number of para-hydroxylation sites is 1. The quantitative estimate of drug-likeness (QED) is 0.794. The number of alkyl halides is 1. The second-order valence-corrected chi connectivity index (χ2v) is 4.22. The van der Waals surface area contributed by atoms with E-state index in [4.69, 9.17) is 11.6 Å². The fraction of sp³-hybridized carbons (Fsp3) is 0.364. The Morgan fingerprint density at radius 2 is 2.07 bits per heavy atom. The predicted molar refractivity (Wildman–Crippen MR) is 59.5 cm³/mol. The maximum absolute atomic E-state index is 13.2. The molecule has 1 rings (SSSR count). The third-order valence-corrected chi connectivity index (χ3v) is 2.74. The molecule has 0 unspecified atom stereocenters. The van der Waals surface area contributed by atoms with Gasteiger partial charge in [-0.05, 0) is 26.0 Å². The lowest BCUT2D eigenvalue weighted by Gasteiger charge is -2.20. The maximum Gasteiger partial charge on any atom is 0.231 e. The number of anilines is 1. The smallest absolute Gasteiger partial charge is 0.231 e. The van der Waals surface area contributed by atoms with Crippen molar-refractivity contribution in [2.24, 2.45) is 5.41 Å². The Morgan fingerprint density at radius 3 is 2.60 bits per heavy atom. The highest BCUT2D eigenvalue weighted by Gasteiger charge is 2.26. The molecule has 0 fully saturated rings. The van der Waals surface area contributed by atoms with Crippen molar-refractivity contribution >= 4 is 23.2 Å². The summed E-state index contributed by atoms with van der Waals surface area (Å²) < 4.78 is 13.2. The number of benzene rings is 1. The van der Waals surface area contributed by atoms with Crippen molar-refractivity contribution in [1.29, 1.82) is 0 Å². The number of carbonyl (C=O) groups excluding carboxylic acids is 1. The van der Waals surface area contributed by atoms with Crippen LogP contribution in [0.5, 0.6) is 0 Å². The van der Waals surface area contributed by atoms with E-state index in [1.54, 1.807) is 26.0 Å². The summed E-state index contributed by atoms with van der Waals surface area (Å²) in [6.45, 7) is 3.41. The van der Waals surface area contributed by atoms with Gasteiger partial charge >= 0.3 is 0 Å². The van der Waals surface area contributed by atoms with E-state index in [0.717, 1.165) is 0 Å². The monoisotopic (exact) mass is 229 g/mol. The van der Waals surface area contributed by atoms with Gasteiger partial charge in [0.1, 0.15) is 5.82 Å². The SMILES string of the molecule is CC(C)(CCl)C(=O)Nc1ccccc1F. The number of rotatable bonds is 3. The third-order valence-electron chi connectivity index (χ3n) is 2.07. The first-order valence-corrected chi connectivity index (χ1v) is 5.13. The standard InChI is InChI=1S/C11H13ClFNO/c1-11(2,7-12)10(15)14-9-6-4-3-5-8(9)13/h3-6H,7H2,1-2H3,(H,14,15). The van der Waals surface area contributed by atoms with Gasteiger partial charge in [-0.1, -0.05) is 12.1 Å². The number of amides is 1. The molecule has 0 radical (unpaired) electrons. The fourth-order valence-corrected chi connectivity index (χ4v) is 1.04. The van der Waals surface area contributed by atoms with Gasteiger partial charge in [-0.25, -0.2) is 4.39 Å². The van der Waals surface area contributed by atoms with Gasteiger partial charge in [-0.2, -0.15) is 0 Å². The second-order valence-electron chi connectivity index (χ2n) is 3.95. The summed E-state index contributed by atoms with van der Waals surface area (Å²) in [6.07, 6.45) is 0. The van der Waals surface area contributed by atoms with Crippen LogP contribution in [0.4, 0.5) is 10.1 Å². The number of hydrogen-bond donors (Lipinski definition) is 1. The van der Waals surface area contributed by atoms with Gasteiger partial charge < -0.3 is 5.32 Å². The zero-order valence-corrected chi connectivity index (χ0v) is 9.44. The fourth-order valence-electron chi connectivity index (χ4n) is 0.915. The Bertz CT molecular complexity index is 365. The minimum atomic E-state index is -0.705. The average Bonchev–Trinajstić information content (AvgIpc) is 2.21. The van der Waals surface area contributed by atoms with Crippen LogP contribution in [0.15, 0.2) is 24.3 Å². The highest BCUT2D eigenvalue weighted by atomic mass is 35.5. The van der Waals surface area contributed by atoms with Crippen LogP contribution in [0.2, 0.25) is 0 Å². The molecule has 15 heavy (non-hydrogen) atoms. The van der Waals surface area contributed by atoms with Crippen molar-refractivity contribution in [3.63, 3.8) is 0 Å². The lowest BCUT2D eigenvalue weighted by atomic mass is 9.95. The van der Waals surface area contributed by atoms with E-state index in [9.17, 15) is 9.18 Å². The molecule has 0 heterocycles. The zero-order valence-electron chi connectivity index (χ0n) is 8.68. The largest absolute Gasteiger partial charge is 0.323 e. The van der Waals surface area contributed by atoms with Gasteiger partial charge in [0.05, 0.1) is 11.1 Å². The molecule has 1 N–H and O–H groups in total. The number of hydrogen-bond acceptors (Lipinski definition) is 1. The van der Waals surface area contributed by atoms with Gasteiger partial charge in [0, 0.05) is 5.88 Å². The summed E-state index contributed by atoms with van der Waals surface area (Å²) in [5.41, 5.74) is -0.523. The molecule has 2 nitrogen and oxygen atoms in total. The number of carbonyl (C=O) groups is 1. The molecule has 0 aliphatic heterocycles. The van der Waals surface area contributed by atoms with Crippen LogP contribution in [0.25, 0.3) is 0 Å². The van der Waals surface area contributed by atoms with Crippen molar-refractivity contribution in [2.45, 2.75) is 13.8 Å². The van der Waals surface area contributed by atoms with Crippen LogP contribution in [-0.2, 0) is 4.79 Å². The van der Waals surface area contributed by atoms with Gasteiger partial charge in [0.2, 0.25) is 5.91 Å². The molecule has 1 aromatic carbocycles. The van der Waals surface area contributed by atoms with Crippen LogP contribution in [0.3, 0.4) is 0 Å². The van der Waals surface area contributed by atoms with Crippen molar-refractivity contribution in [3.05, 3.63) is 30.1 Å². The van der Waals surface area contributed by atoms with Gasteiger partial charge in [-0.15, -0.1) is 11.6 Å². The normalized spacial score (nSPS) is 11.2. The van der Waals surface area contributed by atoms with E-state index < -0.39 is 11.2 Å². The summed E-state index contributed by atoms with van der Waals surface area (Å²) >= 11 is 5.64. The van der Waals surface area contributed by atoms with Crippen LogP contribution in [0.1, 0.15) is 13.8 Å². The van der Waals surface area contributed by atoms with E-state index in [1.807, 2.05) is 0 Å². The van der Waals surface area contributed by atoms with Crippen molar-refractivity contribution in [1.82, 2.24) is 0 Å². The summed E-state index contributed by atoms with van der Waals surface area (Å²) in [6, 6.07) is 6.03. The molecule has 0 saturated heterocycles. The average molecular weight is 230 g/mol. The lowest BCUT2D eigenvalue weighted by molar-refractivity contribution is -0.123. The molecule has 0 aliphatic carbocycles. The predicted octanol–water partition coefficient (Wildman–Crippen LogP) is 3.03. The summed E-state index contributed by atoms with van der Waals surface area (Å²) in [5.74, 6) is -0.549. The molecule has 82 valence electrons. The summed E-state index contributed by atoms with van der Waals surface area (Å²) in [7, 11) is 0. The van der Waals surface area contributed by atoms with E-state index in [2.05, 4.69) is 5.32 Å². The maximum atomic E-state index is 13.2. The van der Waals surface area contributed by atoms with Crippen LogP contribution in [0, 0.1) is 11.2 Å². The molecule has 0 aliphatic rings. The van der Waals surface area contributed by atoms with E-state index in [0.29, 0.717) is 0 Å². The molecule has 4 heteroatoms. The molecule has 0 bridgehead atoms. The van der Waals surface area contributed by atoms with Crippen LogP contribution >= 0.6 is 11.6 Å². The molecule has 1 aromatic rings. The van der Waals surface area contributed by atoms with E-state index in [1.165, 1.54) is 12.1 Å². The Balaban J connectivity index is 2.80. The van der Waals surface area contributed by atoms with E-state index in [-0.39, 0.29) is 17.5 Å². The third kappa shape index (κ3) is 2.93. The van der Waals surface area contributed by atoms with Crippen molar-refractivity contribution in [2.75, 3.05) is 11.2 Å². The summed E-state index contributed by atoms with van der Waals surface area (Å²) in [4.78, 5) is 11.7. The number of halogens is 2. The molecular formula is C11H13ClFNO. The second kappa shape index (κ2) is 4.62. The first kappa shape index (κ1) is 12.0. The molecule has 0 atom stereocenters. The number of nitrogens with one attached hydrogen (secondary N) is 1. The minimum Gasteiger partial charge on any atom is -0.323 e. The van der Waals surface area contributed by atoms with Crippen molar-refractivity contribution in [3.8, 4) is 0 Å². The van der Waals surface area contributed by atoms with Gasteiger partial charge in [0.25, 0.3) is 0 Å². The Hall–Kier alpha value is -1.09. The molecule has 1 amide bonds. The molecule has 0 aromatic heterocycles. The Labute approximate surface area is 93.4 Å².